The van der Waals surface area contributed by atoms with Crippen molar-refractivity contribution in [2.45, 2.75) is 6.92 Å². The number of carbonyl (C=O) groups is 2. The molecule has 0 saturated carbocycles. The molecule has 3 rings (SSSR count). The zero-order valence-corrected chi connectivity index (χ0v) is 16.1. The second-order valence-electron chi connectivity index (χ2n) is 5.31. The van der Waals surface area contributed by atoms with Crippen molar-refractivity contribution in [2.75, 3.05) is 19.0 Å². The summed E-state index contributed by atoms with van der Waals surface area (Å²) in [5.74, 6) is -0.619. The summed E-state index contributed by atoms with van der Waals surface area (Å²) < 4.78 is 12.1. The monoisotopic (exact) mass is 405 g/mol. The standard InChI is InChI=1S/C18H16ClN3O4S/c1-3-26-17(24)13-10-27-18(20-13)21-16(23)11-8-12(19)14(9-15(11)25-2)22-6-4-5-7-22/h4-10H,3H2,1-2H3,(H,20,21,23). The molecule has 0 unspecified atom stereocenters. The molecule has 0 fully saturated rings. The van der Waals surface area contributed by atoms with Gasteiger partial charge in [-0.2, -0.15) is 0 Å². The van der Waals surface area contributed by atoms with E-state index in [2.05, 4.69) is 10.3 Å². The molecule has 1 aromatic carbocycles. The number of nitrogens with one attached hydrogen (secondary N) is 1. The number of hydrogen-bond acceptors (Lipinski definition) is 6. The van der Waals surface area contributed by atoms with Crippen molar-refractivity contribution in [3.8, 4) is 11.4 Å². The van der Waals surface area contributed by atoms with Gasteiger partial charge in [0.15, 0.2) is 10.8 Å². The third-order valence-electron chi connectivity index (χ3n) is 3.61. The molecule has 0 spiro atoms. The van der Waals surface area contributed by atoms with Crippen molar-refractivity contribution in [3.63, 3.8) is 0 Å². The number of benzene rings is 1. The molecular formula is C18H16ClN3O4S. The van der Waals surface area contributed by atoms with Crippen LogP contribution in [0.15, 0.2) is 42.0 Å². The Kier molecular flexibility index (Phi) is 5.78. The molecule has 0 atom stereocenters. The van der Waals surface area contributed by atoms with Crippen LogP contribution in [-0.2, 0) is 4.74 Å². The number of methoxy groups -OCH3 is 1. The molecule has 27 heavy (non-hydrogen) atoms. The first kappa shape index (κ1) is 18.9. The number of thiazole rings is 1. The normalized spacial score (nSPS) is 10.5. The third-order valence-corrected chi connectivity index (χ3v) is 4.67. The Morgan fingerprint density at radius 3 is 2.70 bits per heavy atom. The molecule has 1 amide bonds. The average molecular weight is 406 g/mol. The Balaban J connectivity index is 1.84. The molecule has 7 nitrogen and oxygen atoms in total. The van der Waals surface area contributed by atoms with Crippen molar-refractivity contribution >= 4 is 39.9 Å². The van der Waals surface area contributed by atoms with Crippen molar-refractivity contribution in [1.82, 2.24) is 9.55 Å². The fourth-order valence-electron chi connectivity index (χ4n) is 2.38. The predicted molar refractivity (Wildman–Crippen MR) is 103 cm³/mol. The number of esters is 1. The molecule has 140 valence electrons. The quantitative estimate of drug-likeness (QED) is 0.626. The average Bonchev–Trinajstić information content (AvgIpc) is 3.33. The van der Waals surface area contributed by atoms with Crippen molar-refractivity contribution in [2.24, 2.45) is 0 Å². The van der Waals surface area contributed by atoms with Crippen molar-refractivity contribution < 1.29 is 19.1 Å². The van der Waals surface area contributed by atoms with Crippen molar-refractivity contribution in [1.29, 1.82) is 0 Å². The Morgan fingerprint density at radius 1 is 1.30 bits per heavy atom. The van der Waals surface area contributed by atoms with Gasteiger partial charge in [0.05, 0.1) is 30.0 Å². The number of halogens is 1. The molecule has 0 aliphatic rings. The van der Waals surface area contributed by atoms with Gasteiger partial charge in [-0.3, -0.25) is 10.1 Å². The van der Waals surface area contributed by atoms with Crippen LogP contribution in [0.5, 0.6) is 5.75 Å². The lowest BCUT2D eigenvalue weighted by molar-refractivity contribution is 0.0520. The van der Waals surface area contributed by atoms with Gasteiger partial charge in [-0.25, -0.2) is 9.78 Å². The van der Waals surface area contributed by atoms with Gasteiger partial charge < -0.3 is 14.0 Å². The SMILES string of the molecule is CCOC(=O)c1csc(NC(=O)c2cc(Cl)c(-n3cccc3)cc2OC)n1. The molecule has 0 bridgehead atoms. The molecule has 3 aromatic rings. The van der Waals surface area contributed by atoms with Gasteiger partial charge in [0, 0.05) is 23.8 Å². The van der Waals surface area contributed by atoms with E-state index in [0.29, 0.717) is 16.5 Å². The van der Waals surface area contributed by atoms with E-state index in [0.717, 1.165) is 11.3 Å². The first-order valence-electron chi connectivity index (χ1n) is 7.98. The third kappa shape index (κ3) is 4.12. The number of carbonyl (C=O) groups excluding carboxylic acids is 2. The molecule has 2 aromatic heterocycles. The summed E-state index contributed by atoms with van der Waals surface area (Å²) in [5.41, 5.74) is 1.09. The summed E-state index contributed by atoms with van der Waals surface area (Å²) in [6, 6.07) is 6.95. The lowest BCUT2D eigenvalue weighted by Crippen LogP contribution is -2.14. The minimum atomic E-state index is -0.536. The van der Waals surface area contributed by atoms with Crippen LogP contribution in [0.4, 0.5) is 5.13 Å². The largest absolute Gasteiger partial charge is 0.496 e. The van der Waals surface area contributed by atoms with E-state index < -0.39 is 11.9 Å². The van der Waals surface area contributed by atoms with Gasteiger partial charge in [0.2, 0.25) is 0 Å². The Bertz CT molecular complexity index is 969. The lowest BCUT2D eigenvalue weighted by atomic mass is 10.1. The maximum atomic E-state index is 12.6. The molecular weight excluding hydrogens is 390 g/mol. The van der Waals surface area contributed by atoms with E-state index >= 15 is 0 Å². The van der Waals surface area contributed by atoms with Crippen molar-refractivity contribution in [3.05, 3.63) is 58.3 Å². The zero-order chi connectivity index (χ0) is 19.4. The fraction of sp³-hybridized carbons (Fsp3) is 0.167. The topological polar surface area (TPSA) is 82.5 Å². The van der Waals surface area contributed by atoms with Gasteiger partial charge in [-0.15, -0.1) is 11.3 Å². The Morgan fingerprint density at radius 2 is 2.04 bits per heavy atom. The zero-order valence-electron chi connectivity index (χ0n) is 14.6. The van der Waals surface area contributed by atoms with E-state index in [-0.39, 0.29) is 23.0 Å². The molecule has 2 heterocycles. The van der Waals surface area contributed by atoms with Crippen LogP contribution < -0.4 is 10.1 Å². The number of anilines is 1. The number of nitrogens with zero attached hydrogens (tertiary/aromatic N) is 2. The lowest BCUT2D eigenvalue weighted by Gasteiger charge is -2.13. The smallest absolute Gasteiger partial charge is 0.357 e. The summed E-state index contributed by atoms with van der Waals surface area (Å²) in [6.45, 7) is 1.96. The Labute approximate surface area is 164 Å². The minimum absolute atomic E-state index is 0.144. The number of rotatable bonds is 6. The summed E-state index contributed by atoms with van der Waals surface area (Å²) in [7, 11) is 1.47. The van der Waals surface area contributed by atoms with Gasteiger partial charge in [0.25, 0.3) is 5.91 Å². The number of ether oxygens (including phenoxy) is 2. The van der Waals surface area contributed by atoms with Crippen LogP contribution in [0.2, 0.25) is 5.02 Å². The Hall–Kier alpha value is -2.84. The van der Waals surface area contributed by atoms with E-state index in [9.17, 15) is 9.59 Å². The summed E-state index contributed by atoms with van der Waals surface area (Å²) in [6.07, 6.45) is 3.68. The minimum Gasteiger partial charge on any atom is -0.496 e. The molecule has 0 saturated heterocycles. The van der Waals surface area contributed by atoms with E-state index in [1.54, 1.807) is 13.0 Å². The second kappa shape index (κ2) is 8.24. The highest BCUT2D eigenvalue weighted by Gasteiger charge is 2.19. The number of aromatic nitrogens is 2. The van der Waals surface area contributed by atoms with E-state index in [4.69, 9.17) is 21.1 Å². The van der Waals surface area contributed by atoms with Crippen LogP contribution in [-0.4, -0.2) is 35.1 Å². The van der Waals surface area contributed by atoms with Crippen LogP contribution >= 0.6 is 22.9 Å². The van der Waals surface area contributed by atoms with Gasteiger partial charge in [0.1, 0.15) is 5.75 Å². The second-order valence-corrected chi connectivity index (χ2v) is 6.57. The van der Waals surface area contributed by atoms with Gasteiger partial charge in [-0.1, -0.05) is 11.6 Å². The summed E-state index contributed by atoms with van der Waals surface area (Å²) in [4.78, 5) is 28.4. The van der Waals surface area contributed by atoms with Crippen LogP contribution in [0.1, 0.15) is 27.8 Å². The molecule has 9 heteroatoms. The highest BCUT2D eigenvalue weighted by molar-refractivity contribution is 7.14. The molecule has 1 N–H and O–H groups in total. The van der Waals surface area contributed by atoms with E-state index in [1.807, 2.05) is 29.1 Å². The maximum absolute atomic E-state index is 12.6. The molecule has 0 aliphatic heterocycles. The van der Waals surface area contributed by atoms with Gasteiger partial charge in [-0.05, 0) is 25.1 Å². The molecule has 0 radical (unpaired) electrons. The van der Waals surface area contributed by atoms with E-state index in [1.165, 1.54) is 18.6 Å². The van der Waals surface area contributed by atoms with Crippen LogP contribution in [0.25, 0.3) is 5.69 Å². The number of amides is 1. The first-order valence-corrected chi connectivity index (χ1v) is 9.24. The highest BCUT2D eigenvalue weighted by Crippen LogP contribution is 2.30. The van der Waals surface area contributed by atoms with Gasteiger partial charge >= 0.3 is 5.97 Å². The fourth-order valence-corrected chi connectivity index (χ4v) is 3.31. The summed E-state index contributed by atoms with van der Waals surface area (Å²) in [5, 5.41) is 4.83. The predicted octanol–water partition coefficient (Wildman–Crippen LogP) is 4.02. The van der Waals surface area contributed by atoms with Crippen LogP contribution in [0.3, 0.4) is 0 Å². The molecule has 0 aliphatic carbocycles. The van der Waals surface area contributed by atoms with Crippen LogP contribution in [0, 0.1) is 0 Å². The summed E-state index contributed by atoms with van der Waals surface area (Å²) >= 11 is 7.47. The maximum Gasteiger partial charge on any atom is 0.357 e. The highest BCUT2D eigenvalue weighted by atomic mass is 35.5. The first-order chi connectivity index (χ1) is 13.0. The number of hydrogen-bond donors (Lipinski definition) is 1.